The van der Waals surface area contributed by atoms with E-state index in [1.54, 1.807) is 25.3 Å². The van der Waals surface area contributed by atoms with Gasteiger partial charge in [0, 0.05) is 24.0 Å². The molecule has 1 aliphatic rings. The van der Waals surface area contributed by atoms with Crippen molar-refractivity contribution < 1.29 is 13.6 Å². The van der Waals surface area contributed by atoms with E-state index in [4.69, 9.17) is 11.6 Å². The smallest absolute Gasteiger partial charge is 0.265 e. The monoisotopic (exact) mass is 477 g/mol. The molecule has 4 heterocycles. The van der Waals surface area contributed by atoms with Crippen LogP contribution in [0.3, 0.4) is 0 Å². The third-order valence-corrected chi connectivity index (χ3v) is 6.68. The minimum absolute atomic E-state index is 0.243. The van der Waals surface area contributed by atoms with E-state index < -0.39 is 30.3 Å². The fourth-order valence-corrected chi connectivity index (χ4v) is 5.07. The molecule has 2 atom stereocenters. The Balaban J connectivity index is 1.64. The number of hydrogen-bond donors (Lipinski definition) is 1. The highest BCUT2D eigenvalue weighted by Gasteiger charge is 2.46. The van der Waals surface area contributed by atoms with Gasteiger partial charge in [0.15, 0.2) is 0 Å². The molecule has 0 bridgehead atoms. The zero-order valence-corrected chi connectivity index (χ0v) is 19.1. The summed E-state index contributed by atoms with van der Waals surface area (Å²) in [5.41, 5.74) is 1.04. The van der Waals surface area contributed by atoms with Gasteiger partial charge >= 0.3 is 0 Å². The van der Waals surface area contributed by atoms with Gasteiger partial charge in [0.2, 0.25) is 5.95 Å². The second kappa shape index (κ2) is 9.07. The first-order chi connectivity index (χ1) is 15.2. The van der Waals surface area contributed by atoms with Gasteiger partial charge < -0.3 is 10.2 Å². The highest BCUT2D eigenvalue weighted by molar-refractivity contribution is 7.15. The third kappa shape index (κ3) is 4.88. The number of halogens is 3. The minimum atomic E-state index is -2.96. The SMILES string of the molecule is Cc1cc(C(=O)N2CC(F)(F)CC(C)C2CNc2ncc(Cl)cn2)c(-c2ccccn2)s1. The van der Waals surface area contributed by atoms with Crippen molar-refractivity contribution in [1.82, 2.24) is 19.9 Å². The Morgan fingerprint density at radius 3 is 2.75 bits per heavy atom. The number of carbonyl (C=O) groups is 1. The summed E-state index contributed by atoms with van der Waals surface area (Å²) in [4.78, 5) is 29.0. The Bertz CT molecular complexity index is 1090. The number of hydrogen-bond acceptors (Lipinski definition) is 6. The van der Waals surface area contributed by atoms with E-state index in [1.165, 1.54) is 28.6 Å². The van der Waals surface area contributed by atoms with E-state index in [2.05, 4.69) is 20.3 Å². The number of nitrogens with one attached hydrogen (secondary N) is 1. The normalized spacial score (nSPS) is 20.2. The number of amides is 1. The van der Waals surface area contributed by atoms with Crippen molar-refractivity contribution in [3.8, 4) is 10.6 Å². The predicted octanol–water partition coefficient (Wildman–Crippen LogP) is 5.16. The van der Waals surface area contributed by atoms with Gasteiger partial charge in [0.05, 0.1) is 46.1 Å². The number of thiophene rings is 1. The van der Waals surface area contributed by atoms with Gasteiger partial charge in [0.1, 0.15) is 0 Å². The number of alkyl halides is 2. The van der Waals surface area contributed by atoms with Crippen LogP contribution in [0, 0.1) is 12.8 Å². The first-order valence-corrected chi connectivity index (χ1v) is 11.3. The molecule has 1 saturated heterocycles. The van der Waals surface area contributed by atoms with Crippen molar-refractivity contribution in [2.75, 3.05) is 18.4 Å². The van der Waals surface area contributed by atoms with Gasteiger partial charge in [-0.15, -0.1) is 11.3 Å². The van der Waals surface area contributed by atoms with Crippen LogP contribution in [0.2, 0.25) is 5.02 Å². The number of piperidine rings is 1. The minimum Gasteiger partial charge on any atom is -0.352 e. The van der Waals surface area contributed by atoms with Crippen LogP contribution in [0.15, 0.2) is 42.9 Å². The molecule has 0 aromatic carbocycles. The molecular weight excluding hydrogens is 456 g/mol. The molecule has 3 aromatic heterocycles. The Kier molecular flexibility index (Phi) is 6.39. The molecule has 4 rings (SSSR count). The van der Waals surface area contributed by atoms with E-state index in [1.807, 2.05) is 19.1 Å². The molecule has 6 nitrogen and oxygen atoms in total. The summed E-state index contributed by atoms with van der Waals surface area (Å²) in [6.07, 6.45) is 4.26. The van der Waals surface area contributed by atoms with Gasteiger partial charge in [-0.05, 0) is 31.0 Å². The third-order valence-electron chi connectivity index (χ3n) is 5.41. The Morgan fingerprint density at radius 1 is 1.31 bits per heavy atom. The van der Waals surface area contributed by atoms with E-state index in [-0.39, 0.29) is 13.0 Å². The van der Waals surface area contributed by atoms with Gasteiger partial charge in [-0.3, -0.25) is 9.78 Å². The maximum atomic E-state index is 14.5. The molecule has 2 unspecified atom stereocenters. The van der Waals surface area contributed by atoms with Gasteiger partial charge in [0.25, 0.3) is 11.8 Å². The van der Waals surface area contributed by atoms with Crippen molar-refractivity contribution in [3.05, 3.63) is 58.3 Å². The van der Waals surface area contributed by atoms with E-state index >= 15 is 0 Å². The first kappa shape index (κ1) is 22.5. The molecule has 0 saturated carbocycles. The van der Waals surface area contributed by atoms with Crippen molar-refractivity contribution in [2.24, 2.45) is 5.92 Å². The lowest BCUT2D eigenvalue weighted by atomic mass is 9.88. The number of carbonyl (C=O) groups excluding carboxylic acids is 1. The highest BCUT2D eigenvalue weighted by Crippen LogP contribution is 2.38. The van der Waals surface area contributed by atoms with Crippen molar-refractivity contribution in [3.63, 3.8) is 0 Å². The number of rotatable bonds is 5. The van der Waals surface area contributed by atoms with Gasteiger partial charge in [-0.1, -0.05) is 24.6 Å². The van der Waals surface area contributed by atoms with Crippen LogP contribution in [0.5, 0.6) is 0 Å². The zero-order valence-electron chi connectivity index (χ0n) is 17.6. The lowest BCUT2D eigenvalue weighted by Crippen LogP contribution is -2.57. The summed E-state index contributed by atoms with van der Waals surface area (Å²) in [5, 5.41) is 3.45. The quantitative estimate of drug-likeness (QED) is 0.549. The largest absolute Gasteiger partial charge is 0.352 e. The standard InChI is InChI=1S/C22H22ClF2N5OS/c1-13-8-22(24,25)12-30(18(13)11-29-21-27-9-15(23)10-28-21)20(31)16-7-14(2)32-19(16)17-5-3-4-6-26-17/h3-7,9-10,13,18H,8,11-12H2,1-2H3,(H,27,28,29). The van der Waals surface area contributed by atoms with Crippen molar-refractivity contribution >= 4 is 34.8 Å². The second-order valence-corrected chi connectivity index (χ2v) is 9.65. The zero-order chi connectivity index (χ0) is 22.9. The summed E-state index contributed by atoms with van der Waals surface area (Å²) in [6, 6.07) is 6.73. The topological polar surface area (TPSA) is 71.0 Å². The molecular formula is C22H22ClF2N5OS. The van der Waals surface area contributed by atoms with Crippen LogP contribution in [-0.4, -0.2) is 50.8 Å². The molecule has 1 N–H and O–H groups in total. The van der Waals surface area contributed by atoms with Crippen LogP contribution in [0.25, 0.3) is 10.6 Å². The maximum absolute atomic E-state index is 14.5. The molecule has 32 heavy (non-hydrogen) atoms. The van der Waals surface area contributed by atoms with Crippen LogP contribution < -0.4 is 5.32 Å². The average Bonchev–Trinajstić information content (AvgIpc) is 3.15. The number of aryl methyl sites for hydroxylation is 1. The molecule has 168 valence electrons. The number of pyridine rings is 1. The molecule has 1 amide bonds. The maximum Gasteiger partial charge on any atom is 0.265 e. The summed E-state index contributed by atoms with van der Waals surface area (Å²) in [6.45, 7) is 3.23. The van der Waals surface area contributed by atoms with Crippen molar-refractivity contribution in [1.29, 1.82) is 0 Å². The summed E-state index contributed by atoms with van der Waals surface area (Å²) in [5.74, 6) is -3.49. The molecule has 0 radical (unpaired) electrons. The molecule has 0 aliphatic carbocycles. The molecule has 10 heteroatoms. The van der Waals surface area contributed by atoms with Crippen molar-refractivity contribution in [2.45, 2.75) is 32.2 Å². The fourth-order valence-electron chi connectivity index (χ4n) is 3.99. The summed E-state index contributed by atoms with van der Waals surface area (Å²) >= 11 is 7.25. The van der Waals surface area contributed by atoms with E-state index in [9.17, 15) is 13.6 Å². The lowest BCUT2D eigenvalue weighted by molar-refractivity contribution is -0.0897. The number of likely N-dealkylation sites (tertiary alicyclic amines) is 1. The number of nitrogens with zero attached hydrogens (tertiary/aromatic N) is 4. The van der Waals surface area contributed by atoms with Crippen LogP contribution in [0.4, 0.5) is 14.7 Å². The van der Waals surface area contributed by atoms with Gasteiger partial charge in [-0.2, -0.15) is 0 Å². The highest BCUT2D eigenvalue weighted by atomic mass is 35.5. The fraction of sp³-hybridized carbons (Fsp3) is 0.364. The summed E-state index contributed by atoms with van der Waals surface area (Å²) < 4.78 is 29.1. The first-order valence-electron chi connectivity index (χ1n) is 10.2. The molecule has 3 aromatic rings. The predicted molar refractivity (Wildman–Crippen MR) is 121 cm³/mol. The van der Waals surface area contributed by atoms with Crippen LogP contribution >= 0.6 is 22.9 Å². The average molecular weight is 478 g/mol. The van der Waals surface area contributed by atoms with Crippen LogP contribution in [0.1, 0.15) is 28.6 Å². The second-order valence-electron chi connectivity index (χ2n) is 7.96. The molecule has 0 spiro atoms. The Morgan fingerprint density at radius 2 is 2.06 bits per heavy atom. The summed E-state index contributed by atoms with van der Waals surface area (Å²) in [7, 11) is 0. The molecule has 1 aliphatic heterocycles. The van der Waals surface area contributed by atoms with E-state index in [0.29, 0.717) is 27.1 Å². The number of anilines is 1. The molecule has 1 fully saturated rings. The van der Waals surface area contributed by atoms with Gasteiger partial charge in [-0.25, -0.2) is 18.7 Å². The van der Waals surface area contributed by atoms with Crippen LogP contribution in [-0.2, 0) is 0 Å². The Labute approximate surface area is 193 Å². The Hall–Kier alpha value is -2.65. The lowest BCUT2D eigenvalue weighted by Gasteiger charge is -2.43. The number of aromatic nitrogens is 3. The van der Waals surface area contributed by atoms with E-state index in [0.717, 1.165) is 4.88 Å².